The van der Waals surface area contributed by atoms with Gasteiger partial charge in [-0.3, -0.25) is 0 Å². The number of alkyl halides is 1. The van der Waals surface area contributed by atoms with Crippen molar-refractivity contribution in [2.45, 2.75) is 31.8 Å². The summed E-state index contributed by atoms with van der Waals surface area (Å²) in [5, 5.41) is 0. The van der Waals surface area contributed by atoms with Crippen molar-refractivity contribution in [2.75, 3.05) is 25.7 Å². The monoisotopic (exact) mass is 218 g/mol. The summed E-state index contributed by atoms with van der Waals surface area (Å²) in [4.78, 5) is 0. The molecule has 2 rings (SSSR count). The zero-order chi connectivity index (χ0) is 9.80. The van der Waals surface area contributed by atoms with Crippen LogP contribution in [-0.4, -0.2) is 31.8 Å². The first-order chi connectivity index (χ1) is 6.92. The maximum atomic E-state index is 5.98. The molecule has 82 valence electrons. The molecule has 0 aromatic heterocycles. The first kappa shape index (κ1) is 10.7. The fourth-order valence-electron chi connectivity index (χ4n) is 2.60. The van der Waals surface area contributed by atoms with E-state index in [9.17, 15) is 0 Å². The molecule has 0 saturated carbocycles. The van der Waals surface area contributed by atoms with Crippen LogP contribution < -0.4 is 0 Å². The lowest BCUT2D eigenvalue weighted by Gasteiger charge is -2.37. The van der Waals surface area contributed by atoms with Crippen LogP contribution in [0, 0.1) is 11.8 Å². The van der Waals surface area contributed by atoms with Crippen molar-refractivity contribution in [3.8, 4) is 0 Å². The summed E-state index contributed by atoms with van der Waals surface area (Å²) < 4.78 is 11.3. The van der Waals surface area contributed by atoms with Crippen LogP contribution in [0.4, 0.5) is 0 Å². The first-order valence-corrected chi connectivity index (χ1v) is 6.20. The Morgan fingerprint density at radius 1 is 1.07 bits per heavy atom. The van der Waals surface area contributed by atoms with Gasteiger partial charge >= 0.3 is 0 Å². The minimum Gasteiger partial charge on any atom is -0.381 e. The molecule has 14 heavy (non-hydrogen) atoms. The van der Waals surface area contributed by atoms with E-state index in [1.807, 2.05) is 0 Å². The smallest absolute Gasteiger partial charge is 0.0644 e. The normalized spacial score (nSPS) is 35.8. The van der Waals surface area contributed by atoms with Crippen LogP contribution in [0.1, 0.15) is 25.7 Å². The molecule has 0 radical (unpaired) electrons. The minimum atomic E-state index is 0.408. The molecular formula is C11H19ClO2. The summed E-state index contributed by atoms with van der Waals surface area (Å²) in [6.45, 7) is 2.73. The van der Waals surface area contributed by atoms with Gasteiger partial charge in [0.1, 0.15) is 0 Å². The number of ether oxygens (including phenoxy) is 2. The summed E-state index contributed by atoms with van der Waals surface area (Å²) in [6.07, 6.45) is 5.13. The van der Waals surface area contributed by atoms with Gasteiger partial charge in [0.2, 0.25) is 0 Å². The van der Waals surface area contributed by atoms with Crippen LogP contribution >= 0.6 is 11.6 Å². The topological polar surface area (TPSA) is 18.5 Å². The zero-order valence-electron chi connectivity index (χ0n) is 8.58. The Balaban J connectivity index is 1.91. The molecule has 2 fully saturated rings. The number of rotatable bonds is 2. The highest BCUT2D eigenvalue weighted by Crippen LogP contribution is 2.32. The van der Waals surface area contributed by atoms with E-state index in [0.29, 0.717) is 17.9 Å². The lowest BCUT2D eigenvalue weighted by molar-refractivity contribution is -0.0811. The summed E-state index contributed by atoms with van der Waals surface area (Å²) >= 11 is 5.98. The lowest BCUT2D eigenvalue weighted by atomic mass is 9.83. The van der Waals surface area contributed by atoms with Crippen molar-refractivity contribution in [1.82, 2.24) is 0 Å². The quantitative estimate of drug-likeness (QED) is 0.663. The summed E-state index contributed by atoms with van der Waals surface area (Å²) in [6, 6.07) is 0. The van der Waals surface area contributed by atoms with Gasteiger partial charge in [0.05, 0.1) is 6.10 Å². The summed E-state index contributed by atoms with van der Waals surface area (Å²) in [5.41, 5.74) is 0. The number of hydrogen-bond acceptors (Lipinski definition) is 2. The summed E-state index contributed by atoms with van der Waals surface area (Å²) in [5.74, 6) is 2.02. The van der Waals surface area contributed by atoms with Gasteiger partial charge < -0.3 is 9.47 Å². The second-order valence-electron chi connectivity index (χ2n) is 4.34. The van der Waals surface area contributed by atoms with Gasteiger partial charge in [0.25, 0.3) is 0 Å². The highest BCUT2D eigenvalue weighted by Gasteiger charge is 2.33. The van der Waals surface area contributed by atoms with E-state index in [0.717, 1.165) is 38.5 Å². The average Bonchev–Trinajstić information content (AvgIpc) is 2.30. The van der Waals surface area contributed by atoms with E-state index in [2.05, 4.69) is 0 Å². The molecule has 2 unspecified atom stereocenters. The highest BCUT2D eigenvalue weighted by atomic mass is 35.5. The molecule has 2 nitrogen and oxygen atoms in total. The number of halogens is 1. The van der Waals surface area contributed by atoms with Crippen LogP contribution in [0.3, 0.4) is 0 Å². The molecule has 0 amide bonds. The van der Waals surface area contributed by atoms with Crippen LogP contribution in [0.15, 0.2) is 0 Å². The Kier molecular flexibility index (Phi) is 4.09. The van der Waals surface area contributed by atoms with E-state index in [4.69, 9.17) is 21.1 Å². The molecule has 3 heteroatoms. The van der Waals surface area contributed by atoms with Gasteiger partial charge in [-0.25, -0.2) is 0 Å². The standard InChI is InChI=1S/C11H19ClO2/c12-8-10-2-1-5-14-11(10)9-3-6-13-7-4-9/h9-11H,1-8H2. The van der Waals surface area contributed by atoms with Gasteiger partial charge in [-0.05, 0) is 37.5 Å². The SMILES string of the molecule is ClCC1CCCOC1C1CCOCC1. The Morgan fingerprint density at radius 2 is 1.86 bits per heavy atom. The van der Waals surface area contributed by atoms with Crippen molar-refractivity contribution < 1.29 is 9.47 Å². The molecule has 2 heterocycles. The van der Waals surface area contributed by atoms with Crippen LogP contribution in [0.25, 0.3) is 0 Å². The Hall–Kier alpha value is 0.210. The average molecular weight is 219 g/mol. The fraction of sp³-hybridized carbons (Fsp3) is 1.00. The second kappa shape index (κ2) is 5.34. The Bertz CT molecular complexity index is 169. The second-order valence-corrected chi connectivity index (χ2v) is 4.65. The Morgan fingerprint density at radius 3 is 2.57 bits per heavy atom. The molecule has 0 aromatic rings. The van der Waals surface area contributed by atoms with Gasteiger partial charge in [-0.1, -0.05) is 0 Å². The van der Waals surface area contributed by atoms with Crippen molar-refractivity contribution in [1.29, 1.82) is 0 Å². The lowest BCUT2D eigenvalue weighted by Crippen LogP contribution is -2.39. The van der Waals surface area contributed by atoms with Crippen molar-refractivity contribution in [3.05, 3.63) is 0 Å². The zero-order valence-corrected chi connectivity index (χ0v) is 9.34. The van der Waals surface area contributed by atoms with Crippen molar-refractivity contribution >= 4 is 11.6 Å². The predicted molar refractivity (Wildman–Crippen MR) is 56.7 cm³/mol. The molecule has 0 aliphatic carbocycles. The first-order valence-electron chi connectivity index (χ1n) is 5.67. The van der Waals surface area contributed by atoms with Crippen LogP contribution in [-0.2, 0) is 9.47 Å². The molecule has 2 aliphatic rings. The predicted octanol–water partition coefficient (Wildman–Crippen LogP) is 2.45. The molecular weight excluding hydrogens is 200 g/mol. The third kappa shape index (κ3) is 2.41. The largest absolute Gasteiger partial charge is 0.381 e. The molecule has 2 saturated heterocycles. The van der Waals surface area contributed by atoms with Gasteiger partial charge in [-0.15, -0.1) is 11.6 Å². The molecule has 0 aromatic carbocycles. The number of hydrogen-bond donors (Lipinski definition) is 0. The third-order valence-electron chi connectivity index (χ3n) is 3.42. The molecule has 0 bridgehead atoms. The highest BCUT2D eigenvalue weighted by molar-refractivity contribution is 6.18. The van der Waals surface area contributed by atoms with Gasteiger partial charge in [0.15, 0.2) is 0 Å². The van der Waals surface area contributed by atoms with Gasteiger partial charge in [0, 0.05) is 25.7 Å². The van der Waals surface area contributed by atoms with Crippen LogP contribution in [0.2, 0.25) is 0 Å². The maximum absolute atomic E-state index is 5.98. The maximum Gasteiger partial charge on any atom is 0.0644 e. The van der Waals surface area contributed by atoms with E-state index in [-0.39, 0.29) is 0 Å². The minimum absolute atomic E-state index is 0.408. The third-order valence-corrected chi connectivity index (χ3v) is 3.82. The molecule has 0 spiro atoms. The van der Waals surface area contributed by atoms with E-state index in [1.54, 1.807) is 0 Å². The van der Waals surface area contributed by atoms with Crippen molar-refractivity contribution in [3.63, 3.8) is 0 Å². The fourth-order valence-corrected chi connectivity index (χ4v) is 2.93. The summed E-state index contributed by atoms with van der Waals surface area (Å²) in [7, 11) is 0. The van der Waals surface area contributed by atoms with E-state index < -0.39 is 0 Å². The molecule has 2 atom stereocenters. The van der Waals surface area contributed by atoms with Gasteiger partial charge in [-0.2, -0.15) is 0 Å². The van der Waals surface area contributed by atoms with E-state index in [1.165, 1.54) is 12.8 Å². The molecule has 0 N–H and O–H groups in total. The molecule has 2 aliphatic heterocycles. The van der Waals surface area contributed by atoms with Crippen LogP contribution in [0.5, 0.6) is 0 Å². The van der Waals surface area contributed by atoms with E-state index >= 15 is 0 Å². The Labute approximate surface area is 90.9 Å². The van der Waals surface area contributed by atoms with Crippen molar-refractivity contribution in [2.24, 2.45) is 11.8 Å².